The first-order valence-corrected chi connectivity index (χ1v) is 8.92. The summed E-state index contributed by atoms with van der Waals surface area (Å²) in [6.45, 7) is 1.91. The van der Waals surface area contributed by atoms with Crippen molar-refractivity contribution in [2.24, 2.45) is 11.0 Å². The minimum atomic E-state index is -1.53. The van der Waals surface area contributed by atoms with Crippen LogP contribution in [0.15, 0.2) is 53.6 Å². The number of nitrogens with one attached hydrogen (secondary N) is 1. The minimum Gasteiger partial charge on any atom is -0.464 e. The number of rotatable bonds is 3. The van der Waals surface area contributed by atoms with Crippen LogP contribution in [0.4, 0.5) is 5.69 Å². The fraction of sp³-hybridized carbons (Fsp3) is 0.200. The van der Waals surface area contributed by atoms with Crippen LogP contribution in [-0.2, 0) is 24.7 Å². The van der Waals surface area contributed by atoms with Crippen molar-refractivity contribution in [3.05, 3.63) is 64.7 Å². The highest BCUT2D eigenvalue weighted by atomic mass is 35.5. The first kappa shape index (κ1) is 18.2. The van der Waals surface area contributed by atoms with E-state index in [1.807, 2.05) is 19.1 Å². The maximum Gasteiger partial charge on any atom is 0.355 e. The Balaban J connectivity index is 1.88. The molecule has 8 heteroatoms. The second-order valence-corrected chi connectivity index (χ2v) is 7.10. The lowest BCUT2D eigenvalue weighted by Crippen LogP contribution is -2.48. The van der Waals surface area contributed by atoms with E-state index < -0.39 is 29.2 Å². The number of halogens is 1. The van der Waals surface area contributed by atoms with Gasteiger partial charge in [0.1, 0.15) is 5.92 Å². The van der Waals surface area contributed by atoms with Crippen molar-refractivity contribution >= 4 is 40.8 Å². The monoisotopic (exact) mass is 397 g/mol. The summed E-state index contributed by atoms with van der Waals surface area (Å²) in [7, 11) is 1.20. The summed E-state index contributed by atoms with van der Waals surface area (Å²) in [5.74, 6) is -2.97. The molecule has 1 fully saturated rings. The summed E-state index contributed by atoms with van der Waals surface area (Å²) in [6.07, 6.45) is 0. The Labute approximate surface area is 165 Å². The summed E-state index contributed by atoms with van der Waals surface area (Å²) in [5.41, 5.74) is 2.99. The molecule has 2 atom stereocenters. The highest BCUT2D eigenvalue weighted by Crippen LogP contribution is 2.45. The second kappa shape index (κ2) is 6.45. The van der Waals surface area contributed by atoms with E-state index >= 15 is 0 Å². The summed E-state index contributed by atoms with van der Waals surface area (Å²) in [5, 5.41) is 4.48. The van der Waals surface area contributed by atoms with Crippen LogP contribution < -0.4 is 10.3 Å². The third-order valence-electron chi connectivity index (χ3n) is 5.05. The van der Waals surface area contributed by atoms with Crippen LogP contribution in [-0.4, -0.2) is 30.6 Å². The number of carbonyl (C=O) groups is 3. The molecule has 1 saturated heterocycles. The smallest absolute Gasteiger partial charge is 0.355 e. The number of hydrogen-bond donors (Lipinski definition) is 1. The molecule has 2 aliphatic heterocycles. The lowest BCUT2D eigenvalue weighted by Gasteiger charge is -2.26. The van der Waals surface area contributed by atoms with Crippen LogP contribution in [0.5, 0.6) is 0 Å². The van der Waals surface area contributed by atoms with Gasteiger partial charge in [-0.3, -0.25) is 15.0 Å². The molecule has 2 aliphatic rings. The Morgan fingerprint density at radius 1 is 1.14 bits per heavy atom. The molecular weight excluding hydrogens is 382 g/mol. The Kier molecular flexibility index (Phi) is 4.19. The molecule has 0 aromatic heterocycles. The number of hydrogen-bond acceptors (Lipinski definition) is 6. The molecule has 0 radical (unpaired) electrons. The van der Waals surface area contributed by atoms with Gasteiger partial charge in [0, 0.05) is 5.02 Å². The van der Waals surface area contributed by atoms with Crippen LogP contribution >= 0.6 is 11.6 Å². The summed E-state index contributed by atoms with van der Waals surface area (Å²) in [4.78, 5) is 40.2. The number of nitrogens with zero attached hydrogens (tertiary/aromatic N) is 2. The van der Waals surface area contributed by atoms with E-state index in [-0.39, 0.29) is 5.71 Å². The first-order valence-electron chi connectivity index (χ1n) is 8.54. The number of fused-ring (bicyclic) bond motifs is 1. The van der Waals surface area contributed by atoms with Crippen molar-refractivity contribution in [3.8, 4) is 0 Å². The first-order chi connectivity index (χ1) is 13.4. The van der Waals surface area contributed by atoms with Gasteiger partial charge in [-0.1, -0.05) is 41.4 Å². The van der Waals surface area contributed by atoms with Crippen molar-refractivity contribution in [2.75, 3.05) is 12.0 Å². The largest absolute Gasteiger partial charge is 0.464 e. The van der Waals surface area contributed by atoms with Crippen molar-refractivity contribution in [3.63, 3.8) is 0 Å². The number of imide groups is 1. The van der Waals surface area contributed by atoms with E-state index in [2.05, 4.69) is 10.5 Å². The molecule has 7 nitrogen and oxygen atoms in total. The van der Waals surface area contributed by atoms with Gasteiger partial charge in [-0.25, -0.2) is 9.69 Å². The van der Waals surface area contributed by atoms with Gasteiger partial charge in [0.15, 0.2) is 11.3 Å². The van der Waals surface area contributed by atoms with Gasteiger partial charge in [0.25, 0.3) is 5.91 Å². The lowest BCUT2D eigenvalue weighted by atomic mass is 9.79. The molecule has 0 bridgehead atoms. The Morgan fingerprint density at radius 3 is 2.39 bits per heavy atom. The minimum absolute atomic E-state index is 0.134. The fourth-order valence-electron chi connectivity index (χ4n) is 3.64. The topological polar surface area (TPSA) is 88.1 Å². The molecule has 4 rings (SSSR count). The van der Waals surface area contributed by atoms with Gasteiger partial charge in [-0.15, -0.1) is 0 Å². The number of ether oxygens (including phenoxy) is 1. The maximum absolute atomic E-state index is 13.5. The Bertz CT molecular complexity index is 1020. The average Bonchev–Trinajstić information content (AvgIpc) is 3.19. The van der Waals surface area contributed by atoms with Crippen molar-refractivity contribution in [2.45, 2.75) is 12.5 Å². The van der Waals surface area contributed by atoms with Crippen LogP contribution in [0.1, 0.15) is 11.1 Å². The number of aryl methyl sites for hydroxylation is 1. The van der Waals surface area contributed by atoms with Gasteiger partial charge in [0.05, 0.1) is 12.8 Å². The van der Waals surface area contributed by atoms with E-state index in [0.29, 0.717) is 16.3 Å². The lowest BCUT2D eigenvalue weighted by molar-refractivity contribution is -0.133. The van der Waals surface area contributed by atoms with Gasteiger partial charge in [-0.2, -0.15) is 5.10 Å². The highest BCUT2D eigenvalue weighted by Gasteiger charge is 2.67. The van der Waals surface area contributed by atoms with E-state index in [0.717, 1.165) is 10.5 Å². The standard InChI is InChI=1S/C20H16ClN3O4/c1-11-3-9-14(10-4-11)24-17(25)15-16(18(26)28-2)22-23-20(15,19(24)27)12-5-7-13(21)8-6-12/h3-10,15,23H,1-2H3/t15?,20-/m0/s1. The molecule has 1 N–H and O–H groups in total. The summed E-state index contributed by atoms with van der Waals surface area (Å²) < 4.78 is 4.77. The predicted octanol–water partition coefficient (Wildman–Crippen LogP) is 2.17. The van der Waals surface area contributed by atoms with Crippen molar-refractivity contribution in [1.29, 1.82) is 0 Å². The Morgan fingerprint density at radius 2 is 1.79 bits per heavy atom. The number of esters is 1. The Hall–Kier alpha value is -3.19. The van der Waals surface area contributed by atoms with Gasteiger partial charge in [-0.05, 0) is 36.8 Å². The van der Waals surface area contributed by atoms with E-state index in [1.165, 1.54) is 7.11 Å². The number of methoxy groups -OCH3 is 1. The zero-order valence-electron chi connectivity index (χ0n) is 15.1. The molecule has 142 valence electrons. The molecule has 0 aliphatic carbocycles. The third-order valence-corrected chi connectivity index (χ3v) is 5.31. The SMILES string of the molecule is COC(=O)C1=NN[C@]2(c3ccc(Cl)cc3)C(=O)N(c3ccc(C)cc3)C(=O)C12. The molecule has 28 heavy (non-hydrogen) atoms. The molecule has 2 amide bonds. The summed E-state index contributed by atoms with van der Waals surface area (Å²) in [6, 6.07) is 13.5. The van der Waals surface area contributed by atoms with Gasteiger partial charge in [0.2, 0.25) is 5.91 Å². The zero-order chi connectivity index (χ0) is 20.1. The van der Waals surface area contributed by atoms with Crippen LogP contribution in [0.2, 0.25) is 5.02 Å². The molecule has 2 aromatic carbocycles. The normalized spacial score (nSPS) is 23.3. The predicted molar refractivity (Wildman–Crippen MR) is 103 cm³/mol. The van der Waals surface area contributed by atoms with E-state index in [4.69, 9.17) is 16.3 Å². The summed E-state index contributed by atoms with van der Waals surface area (Å²) >= 11 is 5.98. The van der Waals surface area contributed by atoms with Crippen LogP contribution in [0.3, 0.4) is 0 Å². The van der Waals surface area contributed by atoms with Gasteiger partial charge < -0.3 is 4.74 Å². The number of hydrazone groups is 1. The van der Waals surface area contributed by atoms with E-state index in [1.54, 1.807) is 36.4 Å². The number of benzene rings is 2. The molecule has 0 spiro atoms. The quantitative estimate of drug-likeness (QED) is 0.633. The molecular formula is C20H16ClN3O4. The molecule has 0 saturated carbocycles. The van der Waals surface area contributed by atoms with Crippen LogP contribution in [0, 0.1) is 12.8 Å². The van der Waals surface area contributed by atoms with Crippen molar-refractivity contribution < 1.29 is 19.1 Å². The zero-order valence-corrected chi connectivity index (χ0v) is 15.9. The maximum atomic E-state index is 13.5. The molecule has 2 heterocycles. The fourth-order valence-corrected chi connectivity index (χ4v) is 3.76. The average molecular weight is 398 g/mol. The second-order valence-electron chi connectivity index (χ2n) is 6.66. The van der Waals surface area contributed by atoms with E-state index in [9.17, 15) is 14.4 Å². The highest BCUT2D eigenvalue weighted by molar-refractivity contribution is 6.47. The van der Waals surface area contributed by atoms with Crippen molar-refractivity contribution in [1.82, 2.24) is 5.43 Å². The number of anilines is 1. The van der Waals surface area contributed by atoms with Crippen LogP contribution in [0.25, 0.3) is 0 Å². The number of amides is 2. The molecule has 1 unspecified atom stereocenters. The van der Waals surface area contributed by atoms with Gasteiger partial charge >= 0.3 is 5.97 Å². The third kappa shape index (κ3) is 2.43. The molecule has 2 aromatic rings. The number of carbonyl (C=O) groups excluding carboxylic acids is 3.